The van der Waals surface area contributed by atoms with E-state index in [1.54, 1.807) is 6.92 Å². The number of rotatable bonds is 5. The van der Waals surface area contributed by atoms with Gasteiger partial charge in [-0.25, -0.2) is 0 Å². The number of benzene rings is 1. The van der Waals surface area contributed by atoms with E-state index >= 15 is 0 Å². The van der Waals surface area contributed by atoms with E-state index in [9.17, 15) is 5.11 Å². The second-order valence-electron chi connectivity index (χ2n) is 4.92. The van der Waals surface area contributed by atoms with Crippen LogP contribution in [0.1, 0.15) is 26.3 Å². The summed E-state index contributed by atoms with van der Waals surface area (Å²) in [6.45, 7) is 6.65. The highest BCUT2D eigenvalue weighted by Crippen LogP contribution is 2.15. The van der Waals surface area contributed by atoms with Crippen molar-refractivity contribution in [3.8, 4) is 0 Å². The van der Waals surface area contributed by atoms with E-state index < -0.39 is 0 Å². The van der Waals surface area contributed by atoms with Gasteiger partial charge in [0.1, 0.15) is 0 Å². The summed E-state index contributed by atoms with van der Waals surface area (Å²) in [4.78, 5) is 0. The van der Waals surface area contributed by atoms with E-state index in [1.165, 1.54) is 5.56 Å². The third-order valence-electron chi connectivity index (χ3n) is 2.44. The summed E-state index contributed by atoms with van der Waals surface area (Å²) in [6.07, 6.45) is 0.598. The molecule has 0 spiro atoms. The molecule has 0 saturated carbocycles. The van der Waals surface area contributed by atoms with Gasteiger partial charge in [-0.05, 0) is 44.9 Å². The molecule has 16 heavy (non-hydrogen) atoms. The highest BCUT2D eigenvalue weighted by molar-refractivity contribution is 6.30. The van der Waals surface area contributed by atoms with E-state index in [4.69, 9.17) is 11.6 Å². The van der Waals surface area contributed by atoms with Crippen molar-refractivity contribution in [2.24, 2.45) is 0 Å². The van der Waals surface area contributed by atoms with E-state index in [2.05, 4.69) is 19.2 Å². The monoisotopic (exact) mass is 241 g/mol. The summed E-state index contributed by atoms with van der Waals surface area (Å²) in [5, 5.41) is 13.3. The zero-order valence-electron chi connectivity index (χ0n) is 10.1. The van der Waals surface area contributed by atoms with Crippen LogP contribution < -0.4 is 5.32 Å². The third kappa shape index (κ3) is 4.97. The van der Waals surface area contributed by atoms with Crippen LogP contribution in [0.4, 0.5) is 0 Å². The van der Waals surface area contributed by atoms with Crippen LogP contribution in [-0.4, -0.2) is 23.3 Å². The molecule has 0 radical (unpaired) electrons. The lowest BCUT2D eigenvalue weighted by Crippen LogP contribution is -2.44. The lowest BCUT2D eigenvalue weighted by atomic mass is 9.95. The van der Waals surface area contributed by atoms with E-state index in [0.717, 1.165) is 11.4 Å². The first-order valence-electron chi connectivity index (χ1n) is 5.56. The molecule has 1 rings (SSSR count). The molecule has 0 aromatic heterocycles. The summed E-state index contributed by atoms with van der Waals surface area (Å²) in [5.41, 5.74) is 1.22. The Kier molecular flexibility index (Phi) is 4.78. The van der Waals surface area contributed by atoms with Gasteiger partial charge in [-0.15, -0.1) is 0 Å². The van der Waals surface area contributed by atoms with Gasteiger partial charge in [-0.1, -0.05) is 23.7 Å². The summed E-state index contributed by atoms with van der Waals surface area (Å²) >= 11 is 5.84. The second kappa shape index (κ2) is 5.67. The predicted molar refractivity (Wildman–Crippen MR) is 68.9 cm³/mol. The zero-order chi connectivity index (χ0) is 12.2. The minimum Gasteiger partial charge on any atom is -0.392 e. The molecule has 0 amide bonds. The number of aliphatic hydroxyl groups excluding tert-OH is 1. The van der Waals surface area contributed by atoms with Crippen molar-refractivity contribution >= 4 is 11.6 Å². The maximum Gasteiger partial charge on any atom is 0.0636 e. The van der Waals surface area contributed by atoms with Crippen LogP contribution in [-0.2, 0) is 6.42 Å². The molecule has 0 aliphatic heterocycles. The molecule has 0 saturated heterocycles. The Morgan fingerprint density at radius 2 is 1.88 bits per heavy atom. The van der Waals surface area contributed by atoms with E-state index in [0.29, 0.717) is 6.54 Å². The van der Waals surface area contributed by atoms with Gasteiger partial charge in [0.25, 0.3) is 0 Å². The summed E-state index contributed by atoms with van der Waals surface area (Å²) in [6, 6.07) is 7.88. The Morgan fingerprint density at radius 3 is 2.38 bits per heavy atom. The van der Waals surface area contributed by atoms with Gasteiger partial charge in [0.05, 0.1) is 6.10 Å². The molecule has 1 aromatic rings. The topological polar surface area (TPSA) is 32.3 Å². The van der Waals surface area contributed by atoms with Gasteiger partial charge in [-0.2, -0.15) is 0 Å². The number of hydrogen-bond acceptors (Lipinski definition) is 2. The van der Waals surface area contributed by atoms with E-state index in [-0.39, 0.29) is 11.6 Å². The third-order valence-corrected chi connectivity index (χ3v) is 2.69. The van der Waals surface area contributed by atoms with Crippen LogP contribution >= 0.6 is 11.6 Å². The lowest BCUT2D eigenvalue weighted by molar-refractivity contribution is 0.176. The van der Waals surface area contributed by atoms with Gasteiger partial charge >= 0.3 is 0 Å². The Balaban J connectivity index is 2.54. The number of β-amino-alcohol motifs (C(OH)–C–C–N with tert-alkyl or cyclic N) is 1. The molecule has 0 fully saturated rings. The Labute approximate surface area is 103 Å². The maximum absolute atomic E-state index is 9.24. The molecule has 1 atom stereocenters. The van der Waals surface area contributed by atoms with Gasteiger partial charge < -0.3 is 10.4 Å². The molecule has 0 heterocycles. The standard InChI is InChI=1S/C13H20ClNO/c1-10(16)9-15-13(2,3)8-11-4-6-12(14)7-5-11/h4-7,10,15-16H,8-9H2,1-3H3. The molecule has 1 unspecified atom stereocenters. The fraction of sp³-hybridized carbons (Fsp3) is 0.538. The molecule has 2 nitrogen and oxygen atoms in total. The smallest absolute Gasteiger partial charge is 0.0636 e. The van der Waals surface area contributed by atoms with Crippen LogP contribution in [0.2, 0.25) is 5.02 Å². The van der Waals surface area contributed by atoms with Crippen LogP contribution in [0.25, 0.3) is 0 Å². The predicted octanol–water partition coefficient (Wildman–Crippen LogP) is 2.63. The minimum atomic E-state index is -0.315. The molecule has 2 N–H and O–H groups in total. The number of nitrogens with one attached hydrogen (secondary N) is 1. The summed E-state index contributed by atoms with van der Waals surface area (Å²) < 4.78 is 0. The number of aliphatic hydroxyl groups is 1. The first-order valence-corrected chi connectivity index (χ1v) is 5.94. The molecule has 90 valence electrons. The molecular weight excluding hydrogens is 222 g/mol. The largest absolute Gasteiger partial charge is 0.392 e. The lowest BCUT2D eigenvalue weighted by Gasteiger charge is -2.27. The first kappa shape index (κ1) is 13.5. The Hall–Kier alpha value is -0.570. The normalized spacial score (nSPS) is 13.8. The quantitative estimate of drug-likeness (QED) is 0.831. The average Bonchev–Trinajstić information content (AvgIpc) is 2.19. The van der Waals surface area contributed by atoms with Crippen molar-refractivity contribution in [2.45, 2.75) is 38.8 Å². The molecule has 0 aliphatic carbocycles. The average molecular weight is 242 g/mol. The highest BCUT2D eigenvalue weighted by Gasteiger charge is 2.17. The maximum atomic E-state index is 9.24. The van der Waals surface area contributed by atoms with Crippen molar-refractivity contribution in [2.75, 3.05) is 6.54 Å². The highest BCUT2D eigenvalue weighted by atomic mass is 35.5. The van der Waals surface area contributed by atoms with E-state index in [1.807, 2.05) is 24.3 Å². The van der Waals surface area contributed by atoms with Gasteiger partial charge in [0, 0.05) is 17.1 Å². The zero-order valence-corrected chi connectivity index (χ0v) is 10.9. The summed E-state index contributed by atoms with van der Waals surface area (Å²) in [5.74, 6) is 0. The molecule has 1 aromatic carbocycles. The van der Waals surface area contributed by atoms with Crippen molar-refractivity contribution < 1.29 is 5.11 Å². The SMILES string of the molecule is CC(O)CNC(C)(C)Cc1ccc(Cl)cc1. The Morgan fingerprint density at radius 1 is 1.31 bits per heavy atom. The van der Waals surface area contributed by atoms with Crippen molar-refractivity contribution in [3.63, 3.8) is 0 Å². The number of halogens is 1. The van der Waals surface area contributed by atoms with Crippen LogP contribution in [0.15, 0.2) is 24.3 Å². The van der Waals surface area contributed by atoms with Crippen molar-refractivity contribution in [1.82, 2.24) is 5.32 Å². The van der Waals surface area contributed by atoms with Gasteiger partial charge in [-0.3, -0.25) is 0 Å². The Bertz CT molecular complexity index is 319. The molecule has 3 heteroatoms. The fourth-order valence-electron chi connectivity index (χ4n) is 1.60. The van der Waals surface area contributed by atoms with Gasteiger partial charge in [0.15, 0.2) is 0 Å². The van der Waals surface area contributed by atoms with Crippen LogP contribution in [0, 0.1) is 0 Å². The number of hydrogen-bond donors (Lipinski definition) is 2. The van der Waals surface area contributed by atoms with Crippen molar-refractivity contribution in [1.29, 1.82) is 0 Å². The van der Waals surface area contributed by atoms with Crippen LogP contribution in [0.5, 0.6) is 0 Å². The molecule has 0 aliphatic rings. The minimum absolute atomic E-state index is 0.0230. The molecular formula is C13H20ClNO. The van der Waals surface area contributed by atoms with Gasteiger partial charge in [0.2, 0.25) is 0 Å². The van der Waals surface area contributed by atoms with Crippen LogP contribution in [0.3, 0.4) is 0 Å². The second-order valence-corrected chi connectivity index (χ2v) is 5.35. The fourth-order valence-corrected chi connectivity index (χ4v) is 1.73. The summed E-state index contributed by atoms with van der Waals surface area (Å²) in [7, 11) is 0. The molecule has 0 bridgehead atoms. The van der Waals surface area contributed by atoms with Crippen molar-refractivity contribution in [3.05, 3.63) is 34.9 Å². The first-order chi connectivity index (χ1) is 7.39.